The van der Waals surface area contributed by atoms with Gasteiger partial charge in [-0.15, -0.1) is 0 Å². The zero-order valence-electron chi connectivity index (χ0n) is 19.9. The van der Waals surface area contributed by atoms with Crippen LogP contribution in [0.4, 0.5) is 4.39 Å². The van der Waals surface area contributed by atoms with Crippen LogP contribution in [0.5, 0.6) is 0 Å². The number of hydrogen-bond donors (Lipinski definition) is 1. The predicted octanol–water partition coefficient (Wildman–Crippen LogP) is 5.33. The average Bonchev–Trinajstić information content (AvgIpc) is 3.31. The molecule has 3 aromatic rings. The smallest absolute Gasteiger partial charge is 0.271 e. The minimum absolute atomic E-state index is 0.120. The molecular weight excluding hydrogens is 433 g/mol. The Morgan fingerprint density at radius 1 is 1.12 bits per heavy atom. The number of amides is 2. The van der Waals surface area contributed by atoms with Crippen LogP contribution in [0.1, 0.15) is 73.7 Å². The van der Waals surface area contributed by atoms with Gasteiger partial charge in [0, 0.05) is 24.7 Å². The van der Waals surface area contributed by atoms with Crippen LogP contribution in [0.3, 0.4) is 0 Å². The Kier molecular flexibility index (Phi) is 5.96. The van der Waals surface area contributed by atoms with E-state index in [1.54, 1.807) is 23.1 Å². The fourth-order valence-electron chi connectivity index (χ4n) is 5.42. The number of nitrogens with one attached hydrogen (secondary N) is 1. The van der Waals surface area contributed by atoms with Gasteiger partial charge in [0.15, 0.2) is 5.58 Å². The molecule has 1 fully saturated rings. The van der Waals surface area contributed by atoms with Gasteiger partial charge in [-0.05, 0) is 44.4 Å². The van der Waals surface area contributed by atoms with E-state index in [1.807, 2.05) is 24.5 Å². The molecule has 34 heavy (non-hydrogen) atoms. The summed E-state index contributed by atoms with van der Waals surface area (Å²) < 4.78 is 21.2. The van der Waals surface area contributed by atoms with Crippen molar-refractivity contribution in [1.82, 2.24) is 14.8 Å². The summed E-state index contributed by atoms with van der Waals surface area (Å²) in [5.41, 5.74) is 1.66. The van der Waals surface area contributed by atoms with Crippen molar-refractivity contribution in [1.29, 1.82) is 0 Å². The first-order valence-corrected chi connectivity index (χ1v) is 12.3. The molecule has 1 atom stereocenters. The first kappa shape index (κ1) is 22.7. The summed E-state index contributed by atoms with van der Waals surface area (Å²) in [6, 6.07) is 9.89. The van der Waals surface area contributed by atoms with Crippen LogP contribution in [0.25, 0.3) is 11.1 Å². The SMILES string of the molecule is Cc1cc2c(cc3n2CC(C)(C(=O)NC2CCCCCCC2)N(Cc2ccc(F)cc2)C3=O)o1. The first-order chi connectivity index (χ1) is 16.3. The highest BCUT2D eigenvalue weighted by molar-refractivity contribution is 6.03. The normalized spacial score (nSPS) is 21.9. The van der Waals surface area contributed by atoms with E-state index < -0.39 is 5.54 Å². The lowest BCUT2D eigenvalue weighted by atomic mass is 9.91. The van der Waals surface area contributed by atoms with Crippen molar-refractivity contribution in [3.63, 3.8) is 0 Å². The van der Waals surface area contributed by atoms with E-state index in [2.05, 4.69) is 5.32 Å². The van der Waals surface area contributed by atoms with E-state index in [4.69, 9.17) is 4.42 Å². The lowest BCUT2D eigenvalue weighted by molar-refractivity contribution is -0.134. The Hall–Kier alpha value is -3.09. The zero-order valence-corrected chi connectivity index (χ0v) is 19.9. The van der Waals surface area contributed by atoms with Crippen molar-refractivity contribution in [2.75, 3.05) is 0 Å². The van der Waals surface area contributed by atoms with Gasteiger partial charge in [0.1, 0.15) is 22.8 Å². The van der Waals surface area contributed by atoms with Gasteiger partial charge in [0.2, 0.25) is 5.91 Å². The molecule has 0 radical (unpaired) electrons. The van der Waals surface area contributed by atoms with Crippen LogP contribution in [0.2, 0.25) is 0 Å². The zero-order chi connectivity index (χ0) is 23.9. The number of aromatic nitrogens is 1. The molecule has 1 aromatic carbocycles. The van der Waals surface area contributed by atoms with Crippen LogP contribution < -0.4 is 5.32 Å². The van der Waals surface area contributed by atoms with Crippen LogP contribution in [0.15, 0.2) is 40.8 Å². The van der Waals surface area contributed by atoms with Crippen molar-refractivity contribution >= 4 is 22.9 Å². The molecule has 1 saturated carbocycles. The summed E-state index contributed by atoms with van der Waals surface area (Å²) in [5, 5.41) is 3.29. The van der Waals surface area contributed by atoms with E-state index in [-0.39, 0.29) is 30.2 Å². The van der Waals surface area contributed by atoms with Gasteiger partial charge in [0.05, 0.1) is 12.1 Å². The number of fused-ring (bicyclic) bond motifs is 3. The molecule has 180 valence electrons. The molecule has 3 heterocycles. The number of carbonyl (C=O) groups excluding carboxylic acids is 2. The summed E-state index contributed by atoms with van der Waals surface area (Å²) in [4.78, 5) is 29.3. The van der Waals surface area contributed by atoms with E-state index in [1.165, 1.54) is 31.4 Å². The maximum atomic E-state index is 13.9. The molecule has 2 aromatic heterocycles. The number of rotatable bonds is 4. The molecule has 1 unspecified atom stereocenters. The third-order valence-corrected chi connectivity index (χ3v) is 7.42. The Balaban J connectivity index is 1.50. The quantitative estimate of drug-likeness (QED) is 0.567. The van der Waals surface area contributed by atoms with Gasteiger partial charge in [0.25, 0.3) is 5.91 Å². The van der Waals surface area contributed by atoms with Gasteiger partial charge in [-0.3, -0.25) is 9.59 Å². The summed E-state index contributed by atoms with van der Waals surface area (Å²) in [5.74, 6) is 0.0708. The molecule has 1 aliphatic heterocycles. The summed E-state index contributed by atoms with van der Waals surface area (Å²) in [6.07, 6.45) is 7.80. The second-order valence-electron chi connectivity index (χ2n) is 10.0. The molecular formula is C27H32FN3O3. The van der Waals surface area contributed by atoms with Crippen molar-refractivity contribution in [3.8, 4) is 0 Å². The minimum Gasteiger partial charge on any atom is -0.460 e. The number of carbonyl (C=O) groups is 2. The van der Waals surface area contributed by atoms with Crippen molar-refractivity contribution < 1.29 is 18.4 Å². The standard InChI is InChI=1S/C27H32FN3O3/c1-18-14-22-24(34-18)15-23-25(32)31(16-19-10-12-20(28)13-11-19)27(2,17-30(22)23)26(33)29-21-8-6-4-3-5-7-9-21/h10-15,21H,3-9,16-17H2,1-2H3,(H,29,33). The van der Waals surface area contributed by atoms with Crippen molar-refractivity contribution in [2.45, 2.75) is 83.5 Å². The van der Waals surface area contributed by atoms with Gasteiger partial charge in [-0.2, -0.15) is 0 Å². The highest BCUT2D eigenvalue weighted by Gasteiger charge is 2.48. The monoisotopic (exact) mass is 465 g/mol. The maximum Gasteiger partial charge on any atom is 0.271 e. The van der Waals surface area contributed by atoms with Crippen molar-refractivity contribution in [3.05, 3.63) is 59.2 Å². The van der Waals surface area contributed by atoms with Crippen LogP contribution in [-0.4, -0.2) is 32.9 Å². The molecule has 2 aliphatic rings. The summed E-state index contributed by atoms with van der Waals surface area (Å²) in [6.45, 7) is 4.27. The highest BCUT2D eigenvalue weighted by atomic mass is 19.1. The maximum absolute atomic E-state index is 13.9. The van der Waals surface area contributed by atoms with Crippen LogP contribution in [-0.2, 0) is 17.9 Å². The van der Waals surface area contributed by atoms with E-state index in [0.717, 1.165) is 42.5 Å². The molecule has 2 amide bonds. The Morgan fingerprint density at radius 2 is 1.79 bits per heavy atom. The van der Waals surface area contributed by atoms with Gasteiger partial charge in [-0.25, -0.2) is 4.39 Å². The second kappa shape index (κ2) is 8.93. The Morgan fingerprint density at radius 3 is 2.50 bits per heavy atom. The van der Waals surface area contributed by atoms with Gasteiger partial charge < -0.3 is 19.2 Å². The number of aryl methyl sites for hydroxylation is 1. The average molecular weight is 466 g/mol. The second-order valence-corrected chi connectivity index (χ2v) is 10.0. The topological polar surface area (TPSA) is 67.5 Å². The molecule has 1 aliphatic carbocycles. The number of nitrogens with zero attached hydrogens (tertiary/aromatic N) is 2. The van der Waals surface area contributed by atoms with Gasteiger partial charge in [-0.1, -0.05) is 44.2 Å². The molecule has 0 saturated heterocycles. The molecule has 0 bridgehead atoms. The van der Waals surface area contributed by atoms with Gasteiger partial charge >= 0.3 is 0 Å². The number of benzene rings is 1. The predicted molar refractivity (Wildman–Crippen MR) is 128 cm³/mol. The highest BCUT2D eigenvalue weighted by Crippen LogP contribution is 2.35. The summed E-state index contributed by atoms with van der Waals surface area (Å²) >= 11 is 0. The number of halogens is 1. The third kappa shape index (κ3) is 4.12. The lowest BCUT2D eigenvalue weighted by Crippen LogP contribution is -2.64. The Bertz CT molecular complexity index is 1200. The lowest BCUT2D eigenvalue weighted by Gasteiger charge is -2.44. The molecule has 1 N–H and O–H groups in total. The molecule has 7 heteroatoms. The van der Waals surface area contributed by atoms with Crippen molar-refractivity contribution in [2.24, 2.45) is 0 Å². The van der Waals surface area contributed by atoms with Crippen LogP contribution in [0, 0.1) is 12.7 Å². The largest absolute Gasteiger partial charge is 0.460 e. The first-order valence-electron chi connectivity index (χ1n) is 12.3. The Labute approximate surface area is 199 Å². The summed E-state index contributed by atoms with van der Waals surface area (Å²) in [7, 11) is 0. The molecule has 6 nitrogen and oxygen atoms in total. The van der Waals surface area contributed by atoms with E-state index in [0.29, 0.717) is 17.8 Å². The third-order valence-electron chi connectivity index (χ3n) is 7.42. The molecule has 0 spiro atoms. The van der Waals surface area contributed by atoms with Crippen LogP contribution >= 0.6 is 0 Å². The molecule has 5 rings (SSSR count). The fourth-order valence-corrected chi connectivity index (χ4v) is 5.42. The van der Waals surface area contributed by atoms with E-state index >= 15 is 0 Å². The number of furan rings is 1. The fraction of sp³-hybridized carbons (Fsp3) is 0.481. The minimum atomic E-state index is -1.10. The number of hydrogen-bond acceptors (Lipinski definition) is 3. The van der Waals surface area contributed by atoms with E-state index in [9.17, 15) is 14.0 Å².